The zero-order valence-electron chi connectivity index (χ0n) is 13.2. The second kappa shape index (κ2) is 7.85. The standard InChI is InChI=1S/C14H20N6OS.ClH/c1-3-11-9(2)22-14(16-11)17-13(21)12-8-20(19-18-12)10-4-6-15-7-5-10;/h8,10,15H,3-7H2,1-2H3,(H,16,17,21);1H. The van der Waals surface area contributed by atoms with Gasteiger partial charge in [0.15, 0.2) is 10.8 Å². The lowest BCUT2D eigenvalue weighted by Gasteiger charge is -2.21. The maximum absolute atomic E-state index is 12.2. The van der Waals surface area contributed by atoms with Crippen molar-refractivity contribution in [2.45, 2.75) is 39.2 Å². The van der Waals surface area contributed by atoms with Crippen LogP contribution in [0.2, 0.25) is 0 Å². The van der Waals surface area contributed by atoms with Gasteiger partial charge in [-0.1, -0.05) is 12.1 Å². The molecule has 0 atom stereocenters. The van der Waals surface area contributed by atoms with E-state index in [-0.39, 0.29) is 18.3 Å². The molecule has 126 valence electrons. The zero-order chi connectivity index (χ0) is 15.5. The van der Waals surface area contributed by atoms with Crippen molar-refractivity contribution in [3.63, 3.8) is 0 Å². The first-order chi connectivity index (χ1) is 10.7. The molecule has 23 heavy (non-hydrogen) atoms. The van der Waals surface area contributed by atoms with E-state index in [2.05, 4.69) is 32.9 Å². The molecule has 0 aliphatic carbocycles. The third-order valence-electron chi connectivity index (χ3n) is 3.87. The molecular weight excluding hydrogens is 336 g/mol. The fraction of sp³-hybridized carbons (Fsp3) is 0.571. The molecule has 2 aromatic rings. The third kappa shape index (κ3) is 4.07. The van der Waals surface area contributed by atoms with Crippen molar-refractivity contribution in [1.82, 2.24) is 25.3 Å². The van der Waals surface area contributed by atoms with Gasteiger partial charge in [-0.05, 0) is 39.3 Å². The van der Waals surface area contributed by atoms with E-state index in [4.69, 9.17) is 0 Å². The van der Waals surface area contributed by atoms with E-state index in [1.807, 2.05) is 6.92 Å². The predicted octanol–water partition coefficient (Wildman–Crippen LogP) is 2.20. The van der Waals surface area contributed by atoms with Crippen molar-refractivity contribution in [3.8, 4) is 0 Å². The van der Waals surface area contributed by atoms with Crippen LogP contribution in [0.3, 0.4) is 0 Å². The van der Waals surface area contributed by atoms with Crippen LogP contribution in [0.1, 0.15) is 46.9 Å². The molecule has 1 saturated heterocycles. The van der Waals surface area contributed by atoms with Crippen molar-refractivity contribution in [2.75, 3.05) is 18.4 Å². The number of aryl methyl sites for hydroxylation is 2. The Morgan fingerprint density at radius 3 is 2.87 bits per heavy atom. The highest BCUT2D eigenvalue weighted by atomic mass is 35.5. The van der Waals surface area contributed by atoms with E-state index in [0.717, 1.165) is 42.9 Å². The molecule has 0 unspecified atom stereocenters. The minimum atomic E-state index is -0.253. The number of hydrogen-bond acceptors (Lipinski definition) is 6. The van der Waals surface area contributed by atoms with E-state index in [1.54, 1.807) is 10.9 Å². The van der Waals surface area contributed by atoms with Crippen LogP contribution in [0.25, 0.3) is 0 Å². The third-order valence-corrected chi connectivity index (χ3v) is 4.80. The van der Waals surface area contributed by atoms with Crippen molar-refractivity contribution in [3.05, 3.63) is 22.5 Å². The largest absolute Gasteiger partial charge is 0.317 e. The molecule has 0 radical (unpaired) electrons. The number of amides is 1. The molecule has 1 amide bonds. The zero-order valence-corrected chi connectivity index (χ0v) is 14.8. The SMILES string of the molecule is CCc1nc(NC(=O)c2cn(C3CCNCC3)nn2)sc1C.Cl. The number of nitrogens with one attached hydrogen (secondary N) is 2. The van der Waals surface area contributed by atoms with Gasteiger partial charge in [0, 0.05) is 4.88 Å². The second-order valence-electron chi connectivity index (χ2n) is 5.39. The quantitative estimate of drug-likeness (QED) is 0.877. The molecule has 9 heteroatoms. The first kappa shape index (κ1) is 17.8. The van der Waals surface area contributed by atoms with E-state index >= 15 is 0 Å². The Hall–Kier alpha value is -1.51. The molecule has 0 bridgehead atoms. The van der Waals surface area contributed by atoms with Crippen LogP contribution in [0.4, 0.5) is 5.13 Å². The summed E-state index contributed by atoms with van der Waals surface area (Å²) in [6.45, 7) is 6.02. The average Bonchev–Trinajstić information content (AvgIpc) is 3.15. The summed E-state index contributed by atoms with van der Waals surface area (Å²) in [5, 5.41) is 14.8. The summed E-state index contributed by atoms with van der Waals surface area (Å²) < 4.78 is 1.81. The number of piperidine rings is 1. The van der Waals surface area contributed by atoms with Crippen LogP contribution in [0, 0.1) is 6.92 Å². The summed E-state index contributed by atoms with van der Waals surface area (Å²) in [5.41, 5.74) is 1.36. The summed E-state index contributed by atoms with van der Waals surface area (Å²) in [6.07, 6.45) is 4.61. The van der Waals surface area contributed by atoms with Gasteiger partial charge in [0.25, 0.3) is 5.91 Å². The molecule has 3 heterocycles. The number of rotatable bonds is 4. The number of nitrogens with zero attached hydrogens (tertiary/aromatic N) is 4. The molecule has 2 N–H and O–H groups in total. The summed E-state index contributed by atoms with van der Waals surface area (Å²) in [6, 6.07) is 0.323. The minimum Gasteiger partial charge on any atom is -0.317 e. The van der Waals surface area contributed by atoms with Crippen LogP contribution in [0.5, 0.6) is 0 Å². The van der Waals surface area contributed by atoms with Gasteiger partial charge in [0.05, 0.1) is 17.9 Å². The van der Waals surface area contributed by atoms with Gasteiger partial charge in [-0.15, -0.1) is 28.8 Å². The lowest BCUT2D eigenvalue weighted by molar-refractivity contribution is 0.102. The Bertz CT molecular complexity index is 664. The molecule has 3 rings (SSSR count). The summed E-state index contributed by atoms with van der Waals surface area (Å²) >= 11 is 1.49. The van der Waals surface area contributed by atoms with Gasteiger partial charge in [0.1, 0.15) is 0 Å². The lowest BCUT2D eigenvalue weighted by atomic mass is 10.1. The second-order valence-corrected chi connectivity index (χ2v) is 6.60. The average molecular weight is 357 g/mol. The maximum Gasteiger partial charge on any atom is 0.279 e. The predicted molar refractivity (Wildman–Crippen MR) is 92.6 cm³/mol. The number of carbonyl (C=O) groups excluding carboxylic acids is 1. The monoisotopic (exact) mass is 356 g/mol. The van der Waals surface area contributed by atoms with Gasteiger partial charge in [-0.3, -0.25) is 10.1 Å². The Kier molecular flexibility index (Phi) is 6.09. The van der Waals surface area contributed by atoms with E-state index in [1.165, 1.54) is 11.3 Å². The Morgan fingerprint density at radius 2 is 2.22 bits per heavy atom. The van der Waals surface area contributed by atoms with Gasteiger partial charge < -0.3 is 5.32 Å². The highest BCUT2D eigenvalue weighted by molar-refractivity contribution is 7.15. The molecule has 1 fully saturated rings. The van der Waals surface area contributed by atoms with E-state index < -0.39 is 0 Å². The maximum atomic E-state index is 12.2. The molecular formula is C14H21ClN6OS. The molecule has 0 saturated carbocycles. The topological polar surface area (TPSA) is 84.7 Å². The lowest BCUT2D eigenvalue weighted by Crippen LogP contribution is -2.29. The van der Waals surface area contributed by atoms with Crippen molar-refractivity contribution >= 4 is 34.8 Å². The normalized spacial score (nSPS) is 15.2. The van der Waals surface area contributed by atoms with Crippen LogP contribution >= 0.6 is 23.7 Å². The fourth-order valence-electron chi connectivity index (χ4n) is 2.60. The van der Waals surface area contributed by atoms with Crippen LogP contribution in [-0.2, 0) is 6.42 Å². The van der Waals surface area contributed by atoms with E-state index in [9.17, 15) is 4.79 Å². The van der Waals surface area contributed by atoms with Gasteiger partial charge in [-0.2, -0.15) is 0 Å². The van der Waals surface area contributed by atoms with Crippen molar-refractivity contribution in [1.29, 1.82) is 0 Å². The van der Waals surface area contributed by atoms with Crippen molar-refractivity contribution in [2.24, 2.45) is 0 Å². The summed E-state index contributed by atoms with van der Waals surface area (Å²) in [7, 11) is 0. The highest BCUT2D eigenvalue weighted by Crippen LogP contribution is 2.23. The van der Waals surface area contributed by atoms with E-state index in [0.29, 0.717) is 16.9 Å². The Balaban J connectivity index is 0.00000192. The Labute approximate surface area is 145 Å². The smallest absolute Gasteiger partial charge is 0.279 e. The minimum absolute atomic E-state index is 0. The number of anilines is 1. The molecule has 0 spiro atoms. The van der Waals surface area contributed by atoms with Crippen LogP contribution in [0.15, 0.2) is 6.20 Å². The van der Waals surface area contributed by atoms with Crippen LogP contribution in [-0.4, -0.2) is 39.0 Å². The number of hydrogen-bond donors (Lipinski definition) is 2. The molecule has 0 aromatic carbocycles. The van der Waals surface area contributed by atoms with Crippen molar-refractivity contribution < 1.29 is 4.79 Å². The Morgan fingerprint density at radius 1 is 1.48 bits per heavy atom. The number of thiazole rings is 1. The van der Waals surface area contributed by atoms with Crippen LogP contribution < -0.4 is 10.6 Å². The molecule has 2 aromatic heterocycles. The first-order valence-electron chi connectivity index (χ1n) is 7.57. The number of halogens is 1. The van der Waals surface area contributed by atoms with Gasteiger partial charge >= 0.3 is 0 Å². The fourth-order valence-corrected chi connectivity index (χ4v) is 3.50. The summed E-state index contributed by atoms with van der Waals surface area (Å²) in [4.78, 5) is 17.8. The molecule has 1 aliphatic heterocycles. The summed E-state index contributed by atoms with van der Waals surface area (Å²) in [5.74, 6) is -0.253. The van der Waals surface area contributed by atoms with Gasteiger partial charge in [-0.25, -0.2) is 9.67 Å². The molecule has 7 nitrogen and oxygen atoms in total. The number of carbonyl (C=O) groups is 1. The van der Waals surface area contributed by atoms with Gasteiger partial charge in [0.2, 0.25) is 0 Å². The highest BCUT2D eigenvalue weighted by Gasteiger charge is 2.19. The first-order valence-corrected chi connectivity index (χ1v) is 8.39. The number of aromatic nitrogens is 4. The molecule has 1 aliphatic rings.